The van der Waals surface area contributed by atoms with Crippen molar-refractivity contribution in [3.63, 3.8) is 0 Å². The second kappa shape index (κ2) is 24.0. The van der Waals surface area contributed by atoms with Crippen LogP contribution < -0.4 is 30.7 Å². The summed E-state index contributed by atoms with van der Waals surface area (Å²) in [4.78, 5) is 78.5. The number of ketones is 2. The Morgan fingerprint density at radius 2 is 0.971 bits per heavy atom. The van der Waals surface area contributed by atoms with Crippen LogP contribution in [-0.2, 0) is 25.1 Å². The first kappa shape index (κ1) is 52.5. The summed E-state index contributed by atoms with van der Waals surface area (Å²) in [7, 11) is 2.98. The molecule has 0 radical (unpaired) electrons. The summed E-state index contributed by atoms with van der Waals surface area (Å²) >= 11 is 31.3. The lowest BCUT2D eigenvalue weighted by Crippen LogP contribution is -2.32. The number of nitrogens with zero attached hydrogens (tertiary/aromatic N) is 4. The fourth-order valence-corrected chi connectivity index (χ4v) is 7.41. The van der Waals surface area contributed by atoms with Crippen LogP contribution in [0.25, 0.3) is 0 Å². The molecule has 0 fully saturated rings. The number of nitrogens with one attached hydrogen (secondary N) is 4. The summed E-state index contributed by atoms with van der Waals surface area (Å²) in [5, 5.41) is 26.4. The summed E-state index contributed by atoms with van der Waals surface area (Å²) in [6, 6.07) is 19.5. The van der Waals surface area contributed by atoms with Crippen molar-refractivity contribution in [1.29, 1.82) is 0 Å². The monoisotopic (exact) mass is 1020 g/mol. The van der Waals surface area contributed by atoms with E-state index in [9.17, 15) is 28.8 Å². The number of carbonyl (C=O) groups excluding carboxylic acids is 6. The average molecular weight is 1030 g/mol. The Morgan fingerprint density at radius 3 is 1.37 bits per heavy atom. The molecule has 0 saturated heterocycles. The van der Waals surface area contributed by atoms with Gasteiger partial charge in [0, 0.05) is 73.1 Å². The Kier molecular flexibility index (Phi) is 18.6. The summed E-state index contributed by atoms with van der Waals surface area (Å²) in [6.07, 6.45) is 0. The molecular formula is C47H43Cl5N8O8. The molecule has 0 aromatic heterocycles. The lowest BCUT2D eigenvalue weighted by molar-refractivity contribution is -0.127. The minimum Gasteiger partial charge on any atom is -0.496 e. The third-order valence-electron chi connectivity index (χ3n) is 9.75. The number of alkyl halides is 3. The van der Waals surface area contributed by atoms with Crippen LogP contribution in [0.3, 0.4) is 0 Å². The van der Waals surface area contributed by atoms with Crippen LogP contribution in [0.4, 0.5) is 34.1 Å². The van der Waals surface area contributed by atoms with Crippen LogP contribution in [-0.4, -0.2) is 61.5 Å². The fourth-order valence-electron chi connectivity index (χ4n) is 6.37. The van der Waals surface area contributed by atoms with Gasteiger partial charge in [-0.15, -0.1) is 34.8 Å². The van der Waals surface area contributed by atoms with Crippen molar-refractivity contribution >= 4 is 127 Å². The minimum atomic E-state index is -1.63. The first-order chi connectivity index (χ1) is 32.3. The third kappa shape index (κ3) is 14.1. The van der Waals surface area contributed by atoms with E-state index in [1.807, 2.05) is 0 Å². The largest absolute Gasteiger partial charge is 0.496 e. The summed E-state index contributed by atoms with van der Waals surface area (Å²) in [5.74, 6) is -3.28. The summed E-state index contributed by atoms with van der Waals surface area (Å²) in [5.41, 5.74) is 3.40. The van der Waals surface area contributed by atoms with Gasteiger partial charge in [-0.25, -0.2) is 0 Å². The van der Waals surface area contributed by atoms with Crippen molar-refractivity contribution in [2.75, 3.05) is 35.5 Å². The highest BCUT2D eigenvalue weighted by Crippen LogP contribution is 2.34. The number of carbonyl (C=O) groups is 6. The van der Waals surface area contributed by atoms with Crippen LogP contribution in [0.5, 0.6) is 11.5 Å². The number of benzene rings is 5. The van der Waals surface area contributed by atoms with Gasteiger partial charge in [-0.05, 0) is 100.0 Å². The van der Waals surface area contributed by atoms with Crippen LogP contribution in [0.15, 0.2) is 111 Å². The molecule has 5 rings (SSSR count). The Labute approximate surface area is 416 Å². The smallest absolute Gasteiger partial charge is 0.258 e. The lowest BCUT2D eigenvalue weighted by Gasteiger charge is -2.15. The number of Topliss-reactive ketones (excluding diaryl/α,β-unsaturated/α-hetero) is 2. The zero-order valence-corrected chi connectivity index (χ0v) is 40.9. The molecule has 0 aliphatic rings. The maximum atomic E-state index is 13.4. The molecule has 68 heavy (non-hydrogen) atoms. The Balaban J connectivity index is 1.25. The van der Waals surface area contributed by atoms with Gasteiger partial charge < -0.3 is 30.7 Å². The Morgan fingerprint density at radius 1 is 0.559 bits per heavy atom. The normalized spacial score (nSPS) is 13.0. The van der Waals surface area contributed by atoms with Crippen molar-refractivity contribution < 1.29 is 38.2 Å². The number of hydrogen-bond acceptors (Lipinski definition) is 12. The predicted octanol–water partition coefficient (Wildman–Crippen LogP) is 12.2. The fraction of sp³-hybridized carbons (Fsp3) is 0.234. The van der Waals surface area contributed by atoms with Crippen LogP contribution in [0, 0.1) is 0 Å². The second-order valence-corrected chi connectivity index (χ2v) is 17.3. The highest BCUT2D eigenvalue weighted by molar-refractivity contribution is 6.32. The molecule has 0 aliphatic carbocycles. The van der Waals surface area contributed by atoms with Crippen LogP contribution >= 0.6 is 58.0 Å². The van der Waals surface area contributed by atoms with Crippen molar-refractivity contribution in [2.45, 2.75) is 56.4 Å². The molecule has 0 saturated carbocycles. The Hall–Kier alpha value is -6.43. The van der Waals surface area contributed by atoms with E-state index in [-0.39, 0.29) is 60.6 Å². The molecule has 5 aromatic rings. The second-order valence-electron chi connectivity index (χ2n) is 14.9. The van der Waals surface area contributed by atoms with Crippen molar-refractivity contribution in [2.24, 2.45) is 20.5 Å². The molecule has 0 aliphatic heterocycles. The number of ether oxygens (including phenoxy) is 2. The quantitative estimate of drug-likeness (QED) is 0.0353. The zero-order chi connectivity index (χ0) is 49.8. The van der Waals surface area contributed by atoms with Gasteiger partial charge in [0.1, 0.15) is 11.5 Å². The highest BCUT2D eigenvalue weighted by Gasteiger charge is 2.26. The molecule has 4 amide bonds. The van der Waals surface area contributed by atoms with Crippen molar-refractivity contribution in [1.82, 2.24) is 0 Å². The molecule has 0 bridgehead atoms. The van der Waals surface area contributed by atoms with Gasteiger partial charge in [0.25, 0.3) is 23.6 Å². The van der Waals surface area contributed by atoms with E-state index in [4.69, 9.17) is 67.5 Å². The van der Waals surface area contributed by atoms with Crippen LogP contribution in [0.1, 0.15) is 75.9 Å². The first-order valence-corrected chi connectivity index (χ1v) is 22.5. The number of halogens is 5. The van der Waals surface area contributed by atoms with E-state index in [2.05, 4.69) is 41.7 Å². The summed E-state index contributed by atoms with van der Waals surface area (Å²) in [6.45, 7) is 5.89. The predicted molar refractivity (Wildman–Crippen MR) is 265 cm³/mol. The highest BCUT2D eigenvalue weighted by atomic mass is 35.5. The number of amides is 4. The maximum Gasteiger partial charge on any atom is 0.258 e. The third-order valence-corrected chi connectivity index (χ3v) is 10.9. The van der Waals surface area contributed by atoms with Gasteiger partial charge in [0.15, 0.2) is 11.6 Å². The number of rotatable bonds is 19. The molecule has 0 spiro atoms. The topological polar surface area (TPSA) is 218 Å². The van der Waals surface area contributed by atoms with E-state index in [1.165, 1.54) is 68.8 Å². The molecular weight excluding hydrogens is 982 g/mol. The molecule has 16 nitrogen and oxygen atoms in total. The van der Waals surface area contributed by atoms with Gasteiger partial charge in [-0.2, -0.15) is 20.5 Å². The van der Waals surface area contributed by atoms with E-state index in [0.29, 0.717) is 28.4 Å². The molecule has 4 unspecified atom stereocenters. The molecule has 4 atom stereocenters. The Bertz CT molecular complexity index is 2820. The van der Waals surface area contributed by atoms with E-state index < -0.39 is 47.3 Å². The van der Waals surface area contributed by atoms with Gasteiger partial charge in [-0.1, -0.05) is 35.3 Å². The lowest BCUT2D eigenvalue weighted by atomic mass is 10.1. The maximum absolute atomic E-state index is 13.4. The van der Waals surface area contributed by atoms with Crippen LogP contribution in [0.2, 0.25) is 10.0 Å². The van der Waals surface area contributed by atoms with E-state index in [0.717, 1.165) is 25.0 Å². The van der Waals surface area contributed by atoms with Crippen molar-refractivity contribution in [3.05, 3.63) is 129 Å². The molecule has 21 heteroatoms. The number of methoxy groups -OCH3 is 2. The summed E-state index contributed by atoms with van der Waals surface area (Å²) < 4.78 is 10.8. The van der Waals surface area contributed by atoms with Gasteiger partial charge in [0.05, 0.1) is 36.3 Å². The molecule has 0 heterocycles. The minimum absolute atomic E-state index is 0.0810. The molecule has 4 N–H and O–H groups in total. The van der Waals surface area contributed by atoms with Gasteiger partial charge >= 0.3 is 0 Å². The van der Waals surface area contributed by atoms with Gasteiger partial charge in [-0.3, -0.25) is 28.8 Å². The SMILES string of the molecule is COc1cc(NC(=O)c2cc(Cl)cc(N=NC(C(C)=O)C(=O)Nc3ccc(NC(=O)C(N=Nc4cc(Cl)cc(C(=O)Nc5ccc(C(C)Cl)c(OC)c5)c4)C(C)=O)c(CCl)c3)c2)ccc1C(C)Cl. The number of hydrogen-bond donors (Lipinski definition) is 4. The molecule has 354 valence electrons. The van der Waals surface area contributed by atoms with E-state index in [1.54, 1.807) is 50.2 Å². The molecule has 5 aromatic carbocycles. The number of azo groups is 2. The zero-order valence-electron chi connectivity index (χ0n) is 37.1. The van der Waals surface area contributed by atoms with Crippen molar-refractivity contribution in [3.8, 4) is 11.5 Å². The van der Waals surface area contributed by atoms with E-state index >= 15 is 0 Å². The average Bonchev–Trinajstić information content (AvgIpc) is 3.28. The van der Waals surface area contributed by atoms with Gasteiger partial charge in [0.2, 0.25) is 12.1 Å². The first-order valence-electron chi connectivity index (χ1n) is 20.3. The number of anilines is 4. The standard InChI is InChI=1S/C47H43Cl5N8O8/c1-23(49)37-10-7-33(20-40(37)67-5)53-44(63)27-13-30(51)18-35(15-27)57-59-42(25(3)61)46(65)55-32-9-12-39(29(17-32)22-48)56-47(66)43(26(4)62)60-58-36-16-28(14-31(52)19-36)45(64)54-34-8-11-38(24(2)50)41(21-34)68-6/h7-21,23-24,42-43H,22H2,1-6H3,(H,53,63)(H,54,64)(H,55,65)(H,56,66).